The van der Waals surface area contributed by atoms with Crippen molar-refractivity contribution in [2.24, 2.45) is 11.8 Å². The summed E-state index contributed by atoms with van der Waals surface area (Å²) in [7, 11) is 0. The Morgan fingerprint density at radius 1 is 1.24 bits per heavy atom. The zero-order valence-corrected chi connectivity index (χ0v) is 20.8. The average molecular weight is 502 g/mol. The molecule has 2 aromatic rings. The number of benzene rings is 1. The fourth-order valence-corrected chi connectivity index (χ4v) is 6.60. The topological polar surface area (TPSA) is 112 Å². The van der Waals surface area contributed by atoms with E-state index < -0.39 is 28.7 Å². The van der Waals surface area contributed by atoms with Crippen molar-refractivity contribution >= 4 is 17.5 Å². The number of esters is 1. The number of rotatable bonds is 5. The summed E-state index contributed by atoms with van der Waals surface area (Å²) in [4.78, 5) is 43.9. The van der Waals surface area contributed by atoms with Crippen LogP contribution < -0.4 is 4.74 Å². The Kier molecular flexibility index (Phi) is 5.01. The number of phenols is 1. The van der Waals surface area contributed by atoms with Crippen LogP contribution in [0, 0.1) is 11.8 Å². The third-order valence-corrected chi connectivity index (χ3v) is 8.17. The van der Waals surface area contributed by atoms with Gasteiger partial charge in [-0.05, 0) is 57.0 Å². The lowest BCUT2D eigenvalue weighted by atomic mass is 9.51. The highest BCUT2D eigenvalue weighted by molar-refractivity contribution is 6.18. The van der Waals surface area contributed by atoms with Gasteiger partial charge in [0.25, 0.3) is 0 Å². The highest BCUT2D eigenvalue weighted by atomic mass is 16.6. The van der Waals surface area contributed by atoms with Crippen LogP contribution in [-0.2, 0) is 14.3 Å². The largest absolute Gasteiger partial charge is 0.507 e. The molecule has 4 atom stereocenters. The standard InChI is InChI=1S/C29H27NO7/c1-16(15-35-26(34)17-6-5-11-30-14-17)9-10-28-25(33)18-12-19-24(32)23-20(31)7-4-8-21(23)36-29(19,28)22(13-18)27(2,3)37-28/h4-9,11-12,14,18,22,31H,10,13,15H2,1-3H3/b16-9-/t18-,22+,28+,29-/m1/s1. The monoisotopic (exact) mass is 501 g/mol. The van der Waals surface area contributed by atoms with Gasteiger partial charge < -0.3 is 19.3 Å². The molecule has 7 rings (SSSR count). The van der Waals surface area contributed by atoms with Crippen molar-refractivity contribution in [1.82, 2.24) is 4.98 Å². The number of allylic oxidation sites excluding steroid dienone is 1. The van der Waals surface area contributed by atoms with Gasteiger partial charge in [0, 0.05) is 36.2 Å². The number of nitrogens with zero attached hydrogens (tertiary/aromatic N) is 1. The quantitative estimate of drug-likeness (QED) is 0.484. The molecule has 0 unspecified atom stereocenters. The summed E-state index contributed by atoms with van der Waals surface area (Å²) in [5.74, 6) is -1.59. The SMILES string of the molecule is C/C(=C/C[C@@]12OC(C)(C)[C@@H]3C[C@@H](C=C4C(=O)c5c(O)cccc5O[C@]431)C2=O)COC(=O)c1cccnc1. The molecule has 8 nitrogen and oxygen atoms in total. The van der Waals surface area contributed by atoms with Gasteiger partial charge in [0.05, 0.1) is 11.2 Å². The first-order valence-electron chi connectivity index (χ1n) is 12.4. The minimum absolute atomic E-state index is 0.0282. The van der Waals surface area contributed by atoms with Gasteiger partial charge in [0.1, 0.15) is 23.7 Å². The molecule has 1 saturated carbocycles. The molecule has 3 heterocycles. The van der Waals surface area contributed by atoms with E-state index in [1.165, 1.54) is 12.3 Å². The Labute approximate surface area is 213 Å². The summed E-state index contributed by atoms with van der Waals surface area (Å²) in [5, 5.41) is 10.4. The van der Waals surface area contributed by atoms with E-state index in [1.54, 1.807) is 36.5 Å². The molecule has 1 spiro atoms. The molecule has 2 fully saturated rings. The van der Waals surface area contributed by atoms with Crippen LogP contribution in [0.25, 0.3) is 0 Å². The van der Waals surface area contributed by atoms with Crippen LogP contribution in [0.4, 0.5) is 0 Å². The summed E-state index contributed by atoms with van der Waals surface area (Å²) in [6.45, 7) is 5.70. The van der Waals surface area contributed by atoms with Crippen molar-refractivity contribution in [3.63, 3.8) is 0 Å². The number of carbonyl (C=O) groups is 3. The van der Waals surface area contributed by atoms with Gasteiger partial charge in [-0.2, -0.15) is 0 Å². The molecule has 0 radical (unpaired) electrons. The first kappa shape index (κ1) is 23.6. The van der Waals surface area contributed by atoms with Crippen molar-refractivity contribution in [2.45, 2.75) is 50.4 Å². The molecule has 0 amide bonds. The summed E-state index contributed by atoms with van der Waals surface area (Å²) in [5.41, 5.74) is -1.92. The van der Waals surface area contributed by atoms with E-state index in [1.807, 2.05) is 26.8 Å². The molecule has 37 heavy (non-hydrogen) atoms. The third-order valence-electron chi connectivity index (χ3n) is 8.17. The van der Waals surface area contributed by atoms with Crippen LogP contribution in [0.1, 0.15) is 54.3 Å². The van der Waals surface area contributed by atoms with Crippen LogP contribution in [0.2, 0.25) is 0 Å². The number of hydrogen-bond donors (Lipinski definition) is 1. The van der Waals surface area contributed by atoms with Gasteiger partial charge in [0.15, 0.2) is 22.8 Å². The molecule has 1 aromatic carbocycles. The summed E-state index contributed by atoms with van der Waals surface area (Å²) in [6.07, 6.45) is 7.22. The van der Waals surface area contributed by atoms with Crippen molar-refractivity contribution in [3.8, 4) is 11.5 Å². The van der Waals surface area contributed by atoms with Crippen LogP contribution in [-0.4, -0.2) is 51.0 Å². The Morgan fingerprint density at radius 2 is 2.05 bits per heavy atom. The van der Waals surface area contributed by atoms with E-state index >= 15 is 0 Å². The van der Waals surface area contributed by atoms with Crippen LogP contribution in [0.15, 0.2) is 66.0 Å². The van der Waals surface area contributed by atoms with Gasteiger partial charge >= 0.3 is 5.97 Å². The normalized spacial score (nSPS) is 30.8. The first-order valence-corrected chi connectivity index (χ1v) is 12.4. The number of hydrogen-bond acceptors (Lipinski definition) is 8. The second kappa shape index (κ2) is 7.86. The Bertz CT molecular complexity index is 1410. The molecule has 1 saturated heterocycles. The molecular formula is C29H27NO7. The van der Waals surface area contributed by atoms with Crippen LogP contribution in [0.5, 0.6) is 11.5 Å². The Balaban J connectivity index is 1.37. The van der Waals surface area contributed by atoms with Gasteiger partial charge in [-0.1, -0.05) is 18.2 Å². The fraction of sp³-hybridized carbons (Fsp3) is 0.379. The van der Waals surface area contributed by atoms with Crippen molar-refractivity contribution < 1.29 is 33.7 Å². The molecule has 1 aromatic heterocycles. The number of fused-ring (bicyclic) bond motifs is 1. The lowest BCUT2D eigenvalue weighted by Crippen LogP contribution is -2.72. The second-order valence-electron chi connectivity index (χ2n) is 10.8. The molecule has 4 bridgehead atoms. The maximum atomic E-state index is 13.9. The smallest absolute Gasteiger partial charge is 0.340 e. The predicted molar refractivity (Wildman–Crippen MR) is 131 cm³/mol. The van der Waals surface area contributed by atoms with Gasteiger partial charge in [-0.3, -0.25) is 14.6 Å². The summed E-state index contributed by atoms with van der Waals surface area (Å²) < 4.78 is 18.7. The molecule has 8 heteroatoms. The summed E-state index contributed by atoms with van der Waals surface area (Å²) >= 11 is 0. The Hall–Kier alpha value is -3.78. The van der Waals surface area contributed by atoms with Crippen LogP contribution in [0.3, 0.4) is 0 Å². The van der Waals surface area contributed by atoms with Crippen molar-refractivity contribution in [3.05, 3.63) is 77.2 Å². The molecule has 5 aliphatic rings. The molecule has 1 N–H and O–H groups in total. The number of Topliss-reactive ketones (excluding diaryl/α,β-unsaturated/α-hetero) is 2. The lowest BCUT2D eigenvalue weighted by Gasteiger charge is -2.56. The van der Waals surface area contributed by atoms with E-state index in [2.05, 4.69) is 4.98 Å². The number of pyridine rings is 1. The number of aromatic nitrogens is 1. The Morgan fingerprint density at radius 3 is 2.81 bits per heavy atom. The lowest BCUT2D eigenvalue weighted by molar-refractivity contribution is -0.171. The van der Waals surface area contributed by atoms with E-state index in [9.17, 15) is 19.5 Å². The number of ether oxygens (including phenoxy) is 3. The fourth-order valence-electron chi connectivity index (χ4n) is 6.60. The summed E-state index contributed by atoms with van der Waals surface area (Å²) in [6, 6.07) is 7.99. The molecule has 3 aliphatic carbocycles. The van der Waals surface area contributed by atoms with Crippen molar-refractivity contribution in [1.29, 1.82) is 0 Å². The molecule has 2 aliphatic heterocycles. The van der Waals surface area contributed by atoms with Crippen LogP contribution >= 0.6 is 0 Å². The maximum Gasteiger partial charge on any atom is 0.340 e. The number of phenolic OH excluding ortho intramolecular Hbond substituents is 1. The zero-order chi connectivity index (χ0) is 26.2. The second-order valence-corrected chi connectivity index (χ2v) is 10.8. The predicted octanol–water partition coefficient (Wildman–Crippen LogP) is 3.99. The molecular weight excluding hydrogens is 474 g/mol. The first-order chi connectivity index (χ1) is 17.6. The van der Waals surface area contributed by atoms with E-state index in [4.69, 9.17) is 14.2 Å². The van der Waals surface area contributed by atoms with E-state index in [0.29, 0.717) is 17.6 Å². The minimum Gasteiger partial charge on any atom is -0.507 e. The van der Waals surface area contributed by atoms with E-state index in [0.717, 1.165) is 5.57 Å². The zero-order valence-electron chi connectivity index (χ0n) is 20.8. The van der Waals surface area contributed by atoms with Gasteiger partial charge in [0.2, 0.25) is 0 Å². The molecule has 190 valence electrons. The number of carbonyl (C=O) groups excluding carboxylic acids is 3. The van der Waals surface area contributed by atoms with Gasteiger partial charge in [-0.25, -0.2) is 4.79 Å². The minimum atomic E-state index is -1.43. The third kappa shape index (κ3) is 3.11. The average Bonchev–Trinajstić information content (AvgIpc) is 3.03. The van der Waals surface area contributed by atoms with Gasteiger partial charge in [-0.15, -0.1) is 0 Å². The number of aromatic hydroxyl groups is 1. The van der Waals surface area contributed by atoms with Crippen molar-refractivity contribution in [2.75, 3.05) is 6.61 Å². The van der Waals surface area contributed by atoms with E-state index in [-0.39, 0.29) is 47.6 Å². The number of ketones is 2. The maximum absolute atomic E-state index is 13.9. The highest BCUT2D eigenvalue weighted by Crippen LogP contribution is 2.67. The highest BCUT2D eigenvalue weighted by Gasteiger charge is 2.81.